The molecule has 2 atom stereocenters. The number of nitrogens with one attached hydrogen (secondary N) is 1. The normalized spacial score (nSPS) is 22.8. The van der Waals surface area contributed by atoms with E-state index >= 15 is 0 Å². The SMILES string of the molecule is N#Cc1ccc(Br)cc1NC1CCCCC1C#N. The van der Waals surface area contributed by atoms with Crippen molar-refractivity contribution in [1.82, 2.24) is 0 Å². The van der Waals surface area contributed by atoms with Crippen molar-refractivity contribution in [2.75, 3.05) is 5.32 Å². The number of halogens is 1. The number of rotatable bonds is 2. The predicted molar refractivity (Wildman–Crippen MR) is 73.8 cm³/mol. The summed E-state index contributed by atoms with van der Waals surface area (Å²) in [6, 6.07) is 10.3. The molecule has 0 saturated heterocycles. The van der Waals surface area contributed by atoms with Gasteiger partial charge in [0.25, 0.3) is 0 Å². The van der Waals surface area contributed by atoms with Gasteiger partial charge in [-0.05, 0) is 31.0 Å². The number of anilines is 1. The van der Waals surface area contributed by atoms with Gasteiger partial charge in [-0.2, -0.15) is 10.5 Å². The van der Waals surface area contributed by atoms with Crippen molar-refractivity contribution < 1.29 is 0 Å². The Morgan fingerprint density at radius 3 is 2.72 bits per heavy atom. The molecule has 4 heteroatoms. The van der Waals surface area contributed by atoms with Crippen LogP contribution in [0.1, 0.15) is 31.2 Å². The van der Waals surface area contributed by atoms with Crippen molar-refractivity contribution >= 4 is 21.6 Å². The lowest BCUT2D eigenvalue weighted by Crippen LogP contribution is -2.31. The Kier molecular flexibility index (Phi) is 4.23. The summed E-state index contributed by atoms with van der Waals surface area (Å²) < 4.78 is 0.938. The molecule has 18 heavy (non-hydrogen) atoms. The maximum Gasteiger partial charge on any atom is 0.101 e. The molecule has 0 aliphatic heterocycles. The van der Waals surface area contributed by atoms with Gasteiger partial charge in [0.05, 0.1) is 23.2 Å². The number of nitrogens with zero attached hydrogens (tertiary/aromatic N) is 2. The molecule has 0 bridgehead atoms. The van der Waals surface area contributed by atoms with E-state index in [9.17, 15) is 0 Å². The van der Waals surface area contributed by atoms with E-state index in [1.807, 2.05) is 12.1 Å². The maximum absolute atomic E-state index is 9.16. The smallest absolute Gasteiger partial charge is 0.101 e. The van der Waals surface area contributed by atoms with Crippen LogP contribution in [0.25, 0.3) is 0 Å². The zero-order valence-corrected chi connectivity index (χ0v) is 11.6. The molecule has 3 nitrogen and oxygen atoms in total. The summed E-state index contributed by atoms with van der Waals surface area (Å²) >= 11 is 3.41. The van der Waals surface area contributed by atoms with Crippen molar-refractivity contribution in [1.29, 1.82) is 10.5 Å². The molecule has 1 saturated carbocycles. The van der Waals surface area contributed by atoms with E-state index in [-0.39, 0.29) is 12.0 Å². The molecule has 0 amide bonds. The summed E-state index contributed by atoms with van der Waals surface area (Å²) in [6.07, 6.45) is 4.21. The zero-order valence-electron chi connectivity index (χ0n) is 9.99. The Morgan fingerprint density at radius 2 is 2.00 bits per heavy atom. The molecular formula is C14H14BrN3. The highest BCUT2D eigenvalue weighted by Crippen LogP contribution is 2.29. The highest BCUT2D eigenvalue weighted by atomic mass is 79.9. The number of hydrogen-bond donors (Lipinski definition) is 1. The van der Waals surface area contributed by atoms with Crippen molar-refractivity contribution in [3.8, 4) is 12.1 Å². The Bertz CT molecular complexity index is 513. The van der Waals surface area contributed by atoms with Crippen molar-refractivity contribution in [2.24, 2.45) is 5.92 Å². The minimum Gasteiger partial charge on any atom is -0.380 e. The lowest BCUT2D eigenvalue weighted by Gasteiger charge is -2.28. The van der Waals surface area contributed by atoms with Gasteiger partial charge in [-0.25, -0.2) is 0 Å². The third-order valence-electron chi connectivity index (χ3n) is 3.37. The average molecular weight is 304 g/mol. The second kappa shape index (κ2) is 5.89. The molecule has 1 aliphatic carbocycles. The van der Waals surface area contributed by atoms with Crippen LogP contribution < -0.4 is 5.32 Å². The lowest BCUT2D eigenvalue weighted by atomic mass is 9.85. The zero-order chi connectivity index (χ0) is 13.0. The maximum atomic E-state index is 9.16. The molecule has 0 aromatic heterocycles. The minimum atomic E-state index is 0.0456. The fraction of sp³-hybridized carbons (Fsp3) is 0.429. The van der Waals surface area contributed by atoms with Gasteiger partial charge in [0.1, 0.15) is 6.07 Å². The third kappa shape index (κ3) is 2.83. The Balaban J connectivity index is 2.20. The summed E-state index contributed by atoms with van der Waals surface area (Å²) in [6.45, 7) is 0. The van der Waals surface area contributed by atoms with Crippen molar-refractivity contribution in [3.05, 3.63) is 28.2 Å². The number of nitriles is 2. The molecule has 1 aromatic rings. The monoisotopic (exact) mass is 303 g/mol. The van der Waals surface area contributed by atoms with E-state index in [1.165, 1.54) is 0 Å². The number of benzene rings is 1. The van der Waals surface area contributed by atoms with Gasteiger partial charge < -0.3 is 5.32 Å². The first-order chi connectivity index (χ1) is 8.74. The predicted octanol–water partition coefficient (Wildman–Crippen LogP) is 3.82. The van der Waals surface area contributed by atoms with E-state index in [0.29, 0.717) is 5.56 Å². The van der Waals surface area contributed by atoms with Gasteiger partial charge in [0.2, 0.25) is 0 Å². The molecule has 2 rings (SSSR count). The van der Waals surface area contributed by atoms with E-state index in [2.05, 4.69) is 33.4 Å². The lowest BCUT2D eigenvalue weighted by molar-refractivity contribution is 0.389. The van der Waals surface area contributed by atoms with Gasteiger partial charge >= 0.3 is 0 Å². The second-order valence-corrected chi connectivity index (χ2v) is 5.49. The second-order valence-electron chi connectivity index (χ2n) is 4.57. The first kappa shape index (κ1) is 12.9. The minimum absolute atomic E-state index is 0.0456. The topological polar surface area (TPSA) is 59.6 Å². The van der Waals surface area contributed by atoms with Crippen LogP contribution >= 0.6 is 15.9 Å². The molecule has 2 unspecified atom stereocenters. The molecule has 0 spiro atoms. The number of hydrogen-bond acceptors (Lipinski definition) is 3. The van der Waals surface area contributed by atoms with Crippen molar-refractivity contribution in [2.45, 2.75) is 31.7 Å². The first-order valence-electron chi connectivity index (χ1n) is 6.10. The van der Waals surface area contributed by atoms with Gasteiger partial charge in [-0.1, -0.05) is 28.8 Å². The van der Waals surface area contributed by atoms with E-state index in [0.717, 1.165) is 35.8 Å². The summed E-state index contributed by atoms with van der Waals surface area (Å²) in [5, 5.41) is 21.6. The summed E-state index contributed by atoms with van der Waals surface area (Å²) in [7, 11) is 0. The summed E-state index contributed by atoms with van der Waals surface area (Å²) in [4.78, 5) is 0. The van der Waals surface area contributed by atoms with Crippen LogP contribution in [-0.4, -0.2) is 6.04 Å². The van der Waals surface area contributed by atoms with E-state index in [4.69, 9.17) is 10.5 Å². The van der Waals surface area contributed by atoms with Crippen LogP contribution in [-0.2, 0) is 0 Å². The molecule has 1 aromatic carbocycles. The van der Waals surface area contributed by atoms with Crippen molar-refractivity contribution in [3.63, 3.8) is 0 Å². The van der Waals surface area contributed by atoms with E-state index < -0.39 is 0 Å². The fourth-order valence-corrected chi connectivity index (χ4v) is 2.75. The summed E-state index contributed by atoms with van der Waals surface area (Å²) in [5.74, 6) is 0.0456. The molecule has 1 aliphatic rings. The third-order valence-corrected chi connectivity index (χ3v) is 3.87. The molecule has 0 radical (unpaired) electrons. The standard InChI is InChI=1S/C14H14BrN3/c15-12-6-5-11(9-17)14(7-12)18-13-4-2-1-3-10(13)8-16/h5-7,10,13,18H,1-4H2. The fourth-order valence-electron chi connectivity index (χ4n) is 2.39. The van der Waals surface area contributed by atoms with Gasteiger partial charge in [-0.15, -0.1) is 0 Å². The van der Waals surface area contributed by atoms with Crippen LogP contribution in [0.3, 0.4) is 0 Å². The van der Waals surface area contributed by atoms with Gasteiger partial charge in [0.15, 0.2) is 0 Å². The molecular weight excluding hydrogens is 290 g/mol. The summed E-state index contributed by atoms with van der Waals surface area (Å²) in [5.41, 5.74) is 1.44. The Hall–Kier alpha value is -1.52. The first-order valence-corrected chi connectivity index (χ1v) is 6.89. The van der Waals surface area contributed by atoms with Crippen LogP contribution in [0, 0.1) is 28.6 Å². The van der Waals surface area contributed by atoms with Crippen LogP contribution in [0.2, 0.25) is 0 Å². The van der Waals surface area contributed by atoms with E-state index in [1.54, 1.807) is 6.07 Å². The largest absolute Gasteiger partial charge is 0.380 e. The van der Waals surface area contributed by atoms with Gasteiger partial charge in [-0.3, -0.25) is 0 Å². The van der Waals surface area contributed by atoms with Crippen LogP contribution in [0.5, 0.6) is 0 Å². The van der Waals surface area contributed by atoms with Gasteiger partial charge in [0, 0.05) is 10.5 Å². The Labute approximate surface area is 116 Å². The van der Waals surface area contributed by atoms with Crippen LogP contribution in [0.4, 0.5) is 5.69 Å². The Morgan fingerprint density at radius 1 is 1.22 bits per heavy atom. The quantitative estimate of drug-likeness (QED) is 0.903. The highest BCUT2D eigenvalue weighted by molar-refractivity contribution is 9.10. The molecule has 1 fully saturated rings. The average Bonchev–Trinajstić information content (AvgIpc) is 2.40. The highest BCUT2D eigenvalue weighted by Gasteiger charge is 2.25. The molecule has 0 heterocycles. The molecule has 1 N–H and O–H groups in total. The molecule has 92 valence electrons. The van der Waals surface area contributed by atoms with Crippen LogP contribution in [0.15, 0.2) is 22.7 Å².